The van der Waals surface area contributed by atoms with E-state index in [0.29, 0.717) is 23.9 Å². The highest BCUT2D eigenvalue weighted by atomic mass is 31.2. The van der Waals surface area contributed by atoms with Gasteiger partial charge in [0, 0.05) is 12.8 Å². The summed E-state index contributed by atoms with van der Waals surface area (Å²) < 4.78 is 30.9. The Morgan fingerprint density at radius 1 is 0.387 bits per heavy atom. The van der Waals surface area contributed by atoms with Gasteiger partial charge in [0.15, 0.2) is 0 Å². The van der Waals surface area contributed by atoms with Crippen molar-refractivity contribution in [2.24, 2.45) is 0 Å². The number of rotatable bonds is 72. The van der Waals surface area contributed by atoms with Crippen LogP contribution in [0.2, 0.25) is 0 Å². The van der Waals surface area contributed by atoms with Crippen molar-refractivity contribution in [3.05, 3.63) is 97.2 Å². The average Bonchev–Trinajstić information content (AvgIpc) is 2.31. The van der Waals surface area contributed by atoms with E-state index in [9.17, 15) is 19.0 Å². The molecule has 0 bridgehead atoms. The van der Waals surface area contributed by atoms with Crippen LogP contribution in [0, 0.1) is 0 Å². The standard InChI is InChI=1S/C83H151N2O7P/c1-7-10-13-16-19-22-25-28-30-32-34-36-38-40-42-44-46-48-50-52-54-57-60-63-66-69-72-75-82(86)84-80(79-91-93(88,89)90-78-77-85(4,5)6)81(74-71-68-65-62-59-56-27-24-21-18-15-12-9-3)92-83(87)76-73-70-67-64-61-58-55-53-51-49-47-45-43-41-39-37-35-33-31-29-26-23-20-17-14-11-8-2/h10,13,19-20,22-23,28-31,34,36,40,42,71,74,80-81H,7-9,11-12,14-18,21,24-27,32-33,35,37-39,41,43-70,72-73,75-79H2,1-6H3,(H-,84,86,88,89)/p+1/b13-10-,22-19-,23-20-,30-28-,31-29-,36-34-,42-40-,74-71+. The summed E-state index contributed by atoms with van der Waals surface area (Å²) in [6.07, 6.45) is 98.6. The van der Waals surface area contributed by atoms with Crippen LogP contribution in [0.1, 0.15) is 367 Å². The Balaban J connectivity index is 4.97. The Kier molecular flexibility index (Phi) is 69.3. The van der Waals surface area contributed by atoms with Gasteiger partial charge in [-0.3, -0.25) is 18.6 Å². The summed E-state index contributed by atoms with van der Waals surface area (Å²) in [5, 5.41) is 3.08. The molecule has 93 heavy (non-hydrogen) atoms. The van der Waals surface area contributed by atoms with E-state index in [-0.39, 0.29) is 25.1 Å². The average molecular weight is 1320 g/mol. The van der Waals surface area contributed by atoms with Crippen LogP contribution in [0.15, 0.2) is 97.2 Å². The third-order valence-electron chi connectivity index (χ3n) is 17.5. The van der Waals surface area contributed by atoms with E-state index in [1.165, 1.54) is 238 Å². The monoisotopic (exact) mass is 1320 g/mol. The lowest BCUT2D eigenvalue weighted by molar-refractivity contribution is -0.870. The second-order valence-electron chi connectivity index (χ2n) is 27.9. The number of likely N-dealkylation sites (N-methyl/N-ethyl adjacent to an activating group) is 1. The molecule has 0 radical (unpaired) electrons. The molecule has 0 aromatic rings. The Labute approximate surface area is 577 Å². The quantitative estimate of drug-likeness (QED) is 0.0205. The number of ether oxygens (including phenoxy) is 1. The highest BCUT2D eigenvalue weighted by Crippen LogP contribution is 2.43. The van der Waals surface area contributed by atoms with Crippen molar-refractivity contribution in [1.82, 2.24) is 5.32 Å². The van der Waals surface area contributed by atoms with Crippen LogP contribution in [-0.2, 0) is 27.9 Å². The van der Waals surface area contributed by atoms with Crippen LogP contribution in [-0.4, -0.2) is 74.3 Å². The van der Waals surface area contributed by atoms with Crippen LogP contribution in [0.5, 0.6) is 0 Å². The number of esters is 1. The fourth-order valence-corrected chi connectivity index (χ4v) is 12.2. The Morgan fingerprint density at radius 3 is 1.05 bits per heavy atom. The minimum atomic E-state index is -4.46. The number of phosphoric acid groups is 1. The minimum absolute atomic E-state index is 0.0378. The molecule has 2 N–H and O–H groups in total. The third kappa shape index (κ3) is 73.0. The zero-order valence-corrected chi connectivity index (χ0v) is 62.9. The van der Waals surface area contributed by atoms with Crippen LogP contribution in [0.25, 0.3) is 0 Å². The molecular weight excluding hydrogens is 1170 g/mol. The fraction of sp³-hybridized carbons (Fsp3) is 0.783. The number of phosphoric ester groups is 1. The van der Waals surface area contributed by atoms with Crippen LogP contribution in [0.4, 0.5) is 0 Å². The number of nitrogens with zero attached hydrogens (tertiary/aromatic N) is 1. The third-order valence-corrected chi connectivity index (χ3v) is 18.5. The van der Waals surface area contributed by atoms with Gasteiger partial charge in [0.1, 0.15) is 19.3 Å². The van der Waals surface area contributed by atoms with Crippen LogP contribution < -0.4 is 5.32 Å². The summed E-state index contributed by atoms with van der Waals surface area (Å²) in [5.41, 5.74) is 0. The molecule has 0 aliphatic heterocycles. The van der Waals surface area contributed by atoms with Gasteiger partial charge in [-0.25, -0.2) is 4.57 Å². The molecular formula is C83H152N2O7P+. The Morgan fingerprint density at radius 2 is 0.688 bits per heavy atom. The van der Waals surface area contributed by atoms with Gasteiger partial charge < -0.3 is 19.4 Å². The number of quaternary nitrogens is 1. The largest absolute Gasteiger partial charge is 0.472 e. The van der Waals surface area contributed by atoms with Crippen molar-refractivity contribution in [3.8, 4) is 0 Å². The number of unbranched alkanes of at least 4 members (excludes halogenated alkanes) is 42. The molecule has 0 heterocycles. The summed E-state index contributed by atoms with van der Waals surface area (Å²) in [7, 11) is 1.50. The topological polar surface area (TPSA) is 111 Å². The number of allylic oxidation sites excluding steroid dienone is 15. The Bertz CT molecular complexity index is 1910. The van der Waals surface area contributed by atoms with Gasteiger partial charge in [0.25, 0.3) is 0 Å². The van der Waals surface area contributed by atoms with Crippen molar-refractivity contribution in [2.45, 2.75) is 380 Å². The Hall–Kier alpha value is -3.07. The normalized spacial score (nSPS) is 13.9. The first-order valence-corrected chi connectivity index (χ1v) is 41.1. The second kappa shape index (κ2) is 71.7. The number of carbonyl (C=O) groups excluding carboxylic acids is 2. The molecule has 0 spiro atoms. The molecule has 0 saturated heterocycles. The highest BCUT2D eigenvalue weighted by Gasteiger charge is 2.30. The fourth-order valence-electron chi connectivity index (χ4n) is 11.5. The van der Waals surface area contributed by atoms with Gasteiger partial charge in [-0.2, -0.15) is 0 Å². The molecule has 0 aliphatic carbocycles. The van der Waals surface area contributed by atoms with E-state index < -0.39 is 20.0 Å². The molecule has 0 aromatic heterocycles. The first kappa shape index (κ1) is 89.9. The van der Waals surface area contributed by atoms with Gasteiger partial charge in [-0.1, -0.05) is 343 Å². The highest BCUT2D eigenvalue weighted by molar-refractivity contribution is 7.47. The molecule has 0 rings (SSSR count). The summed E-state index contributed by atoms with van der Waals surface area (Å²) in [4.78, 5) is 38.1. The molecule has 0 aliphatic rings. The molecule has 0 saturated carbocycles. The van der Waals surface area contributed by atoms with Gasteiger partial charge in [-0.05, 0) is 109 Å². The maximum absolute atomic E-state index is 13.7. The van der Waals surface area contributed by atoms with E-state index in [4.69, 9.17) is 13.8 Å². The molecule has 540 valence electrons. The van der Waals surface area contributed by atoms with E-state index in [2.05, 4.69) is 117 Å². The zero-order chi connectivity index (χ0) is 67.8. The number of nitrogens with one attached hydrogen (secondary N) is 1. The lowest BCUT2D eigenvalue weighted by Crippen LogP contribution is -2.47. The van der Waals surface area contributed by atoms with E-state index in [1.54, 1.807) is 0 Å². The zero-order valence-electron chi connectivity index (χ0n) is 62.0. The lowest BCUT2D eigenvalue weighted by atomic mass is 10.0. The second-order valence-corrected chi connectivity index (χ2v) is 29.3. The maximum atomic E-state index is 13.7. The van der Waals surface area contributed by atoms with Crippen molar-refractivity contribution in [1.29, 1.82) is 0 Å². The van der Waals surface area contributed by atoms with Crippen molar-refractivity contribution < 1.29 is 37.3 Å². The summed E-state index contributed by atoms with van der Waals surface area (Å²) >= 11 is 0. The van der Waals surface area contributed by atoms with Gasteiger partial charge >= 0.3 is 13.8 Å². The van der Waals surface area contributed by atoms with Crippen molar-refractivity contribution in [3.63, 3.8) is 0 Å². The van der Waals surface area contributed by atoms with Crippen molar-refractivity contribution >= 4 is 19.7 Å². The smallest absolute Gasteiger partial charge is 0.456 e. The molecule has 3 unspecified atom stereocenters. The first-order valence-electron chi connectivity index (χ1n) is 39.6. The predicted molar refractivity (Wildman–Crippen MR) is 406 cm³/mol. The van der Waals surface area contributed by atoms with E-state index in [0.717, 1.165) is 96.3 Å². The molecule has 3 atom stereocenters. The summed E-state index contributed by atoms with van der Waals surface area (Å²) in [6.45, 7) is 6.92. The van der Waals surface area contributed by atoms with E-state index >= 15 is 0 Å². The number of hydrogen-bond donors (Lipinski definition) is 2. The molecule has 0 fully saturated rings. The molecule has 10 heteroatoms. The summed E-state index contributed by atoms with van der Waals surface area (Å²) in [5.74, 6) is -0.496. The minimum Gasteiger partial charge on any atom is -0.456 e. The molecule has 0 aromatic carbocycles. The molecule has 9 nitrogen and oxygen atoms in total. The predicted octanol–water partition coefficient (Wildman–Crippen LogP) is 25.8. The SMILES string of the molecule is CC/C=C\C/C=C\C/C=C\C/C=C\C/C=C\CCCCCCCCCCCCCC(=O)NC(COP(=O)(O)OCC[N+](C)(C)C)C(/C=C/CCCCCCCCCCCCC)OC(=O)CCCCCCCCCCCCCCCCCCC/C=C\C/C=C\CCCCC. The maximum Gasteiger partial charge on any atom is 0.472 e. The van der Waals surface area contributed by atoms with Crippen LogP contribution in [0.3, 0.4) is 0 Å². The lowest BCUT2D eigenvalue weighted by Gasteiger charge is -2.27. The molecule has 1 amide bonds. The number of hydrogen-bond acceptors (Lipinski definition) is 6. The van der Waals surface area contributed by atoms with Crippen molar-refractivity contribution in [2.75, 3.05) is 40.9 Å². The summed E-state index contributed by atoms with van der Waals surface area (Å²) in [6, 6.07) is -0.855. The van der Waals surface area contributed by atoms with Gasteiger partial charge in [-0.15, -0.1) is 0 Å². The first-order chi connectivity index (χ1) is 45.4. The van der Waals surface area contributed by atoms with E-state index in [1.807, 2.05) is 27.2 Å². The number of amides is 1. The van der Waals surface area contributed by atoms with Crippen LogP contribution >= 0.6 is 7.82 Å². The van der Waals surface area contributed by atoms with Gasteiger partial charge in [0.05, 0.1) is 33.8 Å². The number of carbonyl (C=O) groups is 2. The van der Waals surface area contributed by atoms with Gasteiger partial charge in [0.2, 0.25) is 5.91 Å².